The summed E-state index contributed by atoms with van der Waals surface area (Å²) in [4.78, 5) is 24.0. The number of halogens is 1. The van der Waals surface area contributed by atoms with Crippen LogP contribution in [-0.2, 0) is 9.53 Å². The van der Waals surface area contributed by atoms with Crippen LogP contribution in [0.2, 0.25) is 5.02 Å². The van der Waals surface area contributed by atoms with E-state index in [1.54, 1.807) is 55.6 Å². The summed E-state index contributed by atoms with van der Waals surface area (Å²) < 4.78 is 10.5. The fraction of sp³-hybridized carbons (Fsp3) is 0.263. The van der Waals surface area contributed by atoms with Gasteiger partial charge < -0.3 is 19.9 Å². The predicted molar refractivity (Wildman–Crippen MR) is 97.7 cm³/mol. The molecule has 0 aliphatic rings. The van der Waals surface area contributed by atoms with Gasteiger partial charge in [0.05, 0.1) is 6.61 Å². The first-order valence-corrected chi connectivity index (χ1v) is 8.40. The van der Waals surface area contributed by atoms with Gasteiger partial charge in [0.25, 0.3) is 5.91 Å². The van der Waals surface area contributed by atoms with Crippen LogP contribution in [-0.4, -0.2) is 37.3 Å². The Balaban J connectivity index is 2.07. The maximum Gasteiger partial charge on any atom is 0.330 e. The third-order valence-corrected chi connectivity index (χ3v) is 3.84. The lowest BCUT2D eigenvalue weighted by Gasteiger charge is -2.15. The number of hydrogen-bond acceptors (Lipinski definition) is 4. The summed E-state index contributed by atoms with van der Waals surface area (Å²) in [5.41, 5.74) is 0.747. The monoisotopic (exact) mass is 377 g/mol. The standard InChI is InChI=1S/C19H20ClNO5/c1-25-10-3-11-26-16-5-2-4-14(12-16)18(22)21-17(19(23)24)13-6-8-15(20)9-7-13/h2,4-9,12,17H,3,10-11H2,1H3,(H,21,22)(H,23,24). The first-order chi connectivity index (χ1) is 12.5. The smallest absolute Gasteiger partial charge is 0.330 e. The molecule has 1 atom stereocenters. The molecular formula is C19H20ClNO5. The highest BCUT2D eigenvalue weighted by atomic mass is 35.5. The van der Waals surface area contributed by atoms with Crippen molar-refractivity contribution in [3.05, 3.63) is 64.7 Å². The number of nitrogens with one attached hydrogen (secondary N) is 1. The van der Waals surface area contributed by atoms with E-state index in [2.05, 4.69) is 5.32 Å². The van der Waals surface area contributed by atoms with Crippen molar-refractivity contribution < 1.29 is 24.2 Å². The van der Waals surface area contributed by atoms with Gasteiger partial charge in [-0.1, -0.05) is 29.8 Å². The molecule has 0 aliphatic carbocycles. The van der Waals surface area contributed by atoms with Gasteiger partial charge >= 0.3 is 5.97 Å². The lowest BCUT2D eigenvalue weighted by atomic mass is 10.1. The average molecular weight is 378 g/mol. The van der Waals surface area contributed by atoms with Gasteiger partial charge in [-0.3, -0.25) is 4.79 Å². The van der Waals surface area contributed by atoms with Crippen LogP contribution >= 0.6 is 11.6 Å². The second-order valence-corrected chi connectivity index (χ2v) is 5.96. The molecule has 26 heavy (non-hydrogen) atoms. The fourth-order valence-electron chi connectivity index (χ4n) is 2.28. The molecule has 2 N–H and O–H groups in total. The summed E-state index contributed by atoms with van der Waals surface area (Å²) in [5, 5.41) is 12.4. The van der Waals surface area contributed by atoms with Crippen molar-refractivity contribution in [1.82, 2.24) is 5.32 Å². The van der Waals surface area contributed by atoms with Crippen molar-refractivity contribution in [2.75, 3.05) is 20.3 Å². The van der Waals surface area contributed by atoms with Gasteiger partial charge in [0, 0.05) is 30.7 Å². The van der Waals surface area contributed by atoms with Crippen molar-refractivity contribution in [2.24, 2.45) is 0 Å². The molecule has 6 nitrogen and oxygen atoms in total. The van der Waals surface area contributed by atoms with Crippen LogP contribution < -0.4 is 10.1 Å². The first kappa shape index (κ1) is 19.8. The van der Waals surface area contributed by atoms with E-state index >= 15 is 0 Å². The zero-order valence-corrected chi connectivity index (χ0v) is 15.0. The fourth-order valence-corrected chi connectivity index (χ4v) is 2.40. The topological polar surface area (TPSA) is 84.9 Å². The number of carbonyl (C=O) groups is 2. The molecule has 0 spiro atoms. The maximum atomic E-state index is 12.5. The molecule has 2 aromatic carbocycles. The van der Waals surface area contributed by atoms with E-state index < -0.39 is 17.9 Å². The predicted octanol–water partition coefficient (Wildman–Crippen LogP) is 3.31. The molecule has 0 radical (unpaired) electrons. The molecule has 1 amide bonds. The Morgan fingerprint density at radius 3 is 2.54 bits per heavy atom. The molecule has 0 saturated heterocycles. The molecule has 7 heteroatoms. The van der Waals surface area contributed by atoms with Gasteiger partial charge in [0.1, 0.15) is 5.75 Å². The molecule has 2 rings (SSSR count). The Hall–Kier alpha value is -2.57. The third-order valence-electron chi connectivity index (χ3n) is 3.58. The van der Waals surface area contributed by atoms with Crippen LogP contribution in [0.5, 0.6) is 5.75 Å². The lowest BCUT2D eigenvalue weighted by Crippen LogP contribution is -2.33. The van der Waals surface area contributed by atoms with Crippen LogP contribution in [0.4, 0.5) is 0 Å². The van der Waals surface area contributed by atoms with E-state index in [9.17, 15) is 14.7 Å². The van der Waals surface area contributed by atoms with Crippen molar-refractivity contribution in [2.45, 2.75) is 12.5 Å². The van der Waals surface area contributed by atoms with Crippen molar-refractivity contribution in [3.8, 4) is 5.75 Å². The van der Waals surface area contributed by atoms with E-state index in [0.29, 0.717) is 35.1 Å². The van der Waals surface area contributed by atoms with Crippen LogP contribution in [0.1, 0.15) is 28.4 Å². The minimum absolute atomic E-state index is 0.314. The Morgan fingerprint density at radius 2 is 1.88 bits per heavy atom. The van der Waals surface area contributed by atoms with Crippen LogP contribution in [0, 0.1) is 0 Å². The molecule has 0 aromatic heterocycles. The van der Waals surface area contributed by atoms with Crippen molar-refractivity contribution in [3.63, 3.8) is 0 Å². The van der Waals surface area contributed by atoms with E-state index in [-0.39, 0.29) is 0 Å². The maximum absolute atomic E-state index is 12.5. The Morgan fingerprint density at radius 1 is 1.15 bits per heavy atom. The Bertz CT molecular complexity index is 748. The number of amides is 1. The Labute approximate surface area is 156 Å². The number of carboxylic acid groups (broad SMARTS) is 1. The van der Waals surface area contributed by atoms with Crippen LogP contribution in [0.25, 0.3) is 0 Å². The molecular weight excluding hydrogens is 358 g/mol. The van der Waals surface area contributed by atoms with Gasteiger partial charge in [-0.15, -0.1) is 0 Å². The molecule has 0 fully saturated rings. The van der Waals surface area contributed by atoms with Gasteiger partial charge in [-0.25, -0.2) is 4.79 Å². The highest BCUT2D eigenvalue weighted by Gasteiger charge is 2.22. The summed E-state index contributed by atoms with van der Waals surface area (Å²) in [7, 11) is 1.62. The highest BCUT2D eigenvalue weighted by Crippen LogP contribution is 2.19. The van der Waals surface area contributed by atoms with Crippen molar-refractivity contribution in [1.29, 1.82) is 0 Å². The number of carbonyl (C=O) groups excluding carboxylic acids is 1. The van der Waals surface area contributed by atoms with E-state index in [4.69, 9.17) is 21.1 Å². The second-order valence-electron chi connectivity index (χ2n) is 5.52. The average Bonchev–Trinajstić information content (AvgIpc) is 2.64. The van der Waals surface area contributed by atoms with Gasteiger partial charge in [0.15, 0.2) is 6.04 Å². The number of rotatable bonds is 9. The zero-order chi connectivity index (χ0) is 18.9. The molecule has 138 valence electrons. The van der Waals surface area contributed by atoms with E-state index in [1.165, 1.54) is 0 Å². The number of ether oxygens (including phenoxy) is 2. The third kappa shape index (κ3) is 5.75. The zero-order valence-electron chi connectivity index (χ0n) is 14.3. The summed E-state index contributed by atoms with van der Waals surface area (Å²) in [6, 6.07) is 11.7. The SMILES string of the molecule is COCCCOc1cccc(C(=O)NC(C(=O)O)c2ccc(Cl)cc2)c1. The highest BCUT2D eigenvalue weighted by molar-refractivity contribution is 6.30. The largest absolute Gasteiger partial charge is 0.493 e. The first-order valence-electron chi connectivity index (χ1n) is 8.02. The molecule has 0 aliphatic heterocycles. The number of methoxy groups -OCH3 is 1. The molecule has 0 saturated carbocycles. The van der Waals surface area contributed by atoms with E-state index in [1.807, 2.05) is 0 Å². The molecule has 0 heterocycles. The molecule has 1 unspecified atom stereocenters. The summed E-state index contributed by atoms with van der Waals surface area (Å²) in [6.07, 6.45) is 0.727. The minimum atomic E-state index is -1.17. The van der Waals surface area contributed by atoms with Crippen LogP contribution in [0.15, 0.2) is 48.5 Å². The van der Waals surface area contributed by atoms with Gasteiger partial charge in [-0.05, 0) is 35.9 Å². The Kier molecular flexibility index (Phi) is 7.44. The lowest BCUT2D eigenvalue weighted by molar-refractivity contribution is -0.139. The number of aliphatic carboxylic acids is 1. The minimum Gasteiger partial charge on any atom is -0.493 e. The summed E-state index contributed by atoms with van der Waals surface area (Å²) in [6.45, 7) is 1.04. The quantitative estimate of drug-likeness (QED) is 0.655. The summed E-state index contributed by atoms with van der Waals surface area (Å²) >= 11 is 5.82. The number of benzene rings is 2. The van der Waals surface area contributed by atoms with Gasteiger partial charge in [-0.2, -0.15) is 0 Å². The van der Waals surface area contributed by atoms with E-state index in [0.717, 1.165) is 6.42 Å². The van der Waals surface area contributed by atoms with Crippen molar-refractivity contribution >= 4 is 23.5 Å². The molecule has 0 bridgehead atoms. The second kappa shape index (κ2) is 9.79. The normalized spacial score (nSPS) is 11.6. The molecule has 2 aromatic rings. The number of hydrogen-bond donors (Lipinski definition) is 2. The summed E-state index contributed by atoms with van der Waals surface area (Å²) in [5.74, 6) is -1.13. The van der Waals surface area contributed by atoms with Crippen LogP contribution in [0.3, 0.4) is 0 Å². The van der Waals surface area contributed by atoms with Gasteiger partial charge in [0.2, 0.25) is 0 Å². The number of carboxylic acids is 1.